The molecule has 1 aliphatic heterocycles. The van der Waals surface area contributed by atoms with Gasteiger partial charge in [-0.2, -0.15) is 0 Å². The molecule has 6 nitrogen and oxygen atoms in total. The molecular formula is C13H20N3O3+. The second-order valence-corrected chi connectivity index (χ2v) is 4.64. The van der Waals surface area contributed by atoms with Crippen molar-refractivity contribution in [1.29, 1.82) is 0 Å². The summed E-state index contributed by atoms with van der Waals surface area (Å²) in [6.07, 6.45) is 1.43. The molecule has 104 valence electrons. The molecular weight excluding hydrogens is 246 g/mol. The third kappa shape index (κ3) is 3.57. The van der Waals surface area contributed by atoms with E-state index in [2.05, 4.69) is 12.2 Å². The number of rotatable bonds is 4. The van der Waals surface area contributed by atoms with E-state index < -0.39 is 0 Å². The maximum Gasteiger partial charge on any atom is 0.287 e. The first-order valence-corrected chi connectivity index (χ1v) is 6.63. The van der Waals surface area contributed by atoms with Gasteiger partial charge in [-0.1, -0.05) is 0 Å². The Bertz CT molecular complexity index is 422. The zero-order valence-electron chi connectivity index (χ0n) is 11.1. The molecule has 0 radical (unpaired) electrons. The molecule has 2 heterocycles. The molecule has 0 saturated carbocycles. The maximum atomic E-state index is 11.9. The molecule has 0 unspecified atom stereocenters. The first-order valence-electron chi connectivity index (χ1n) is 6.63. The van der Waals surface area contributed by atoms with E-state index >= 15 is 0 Å². The van der Waals surface area contributed by atoms with Crippen LogP contribution in [0.25, 0.3) is 0 Å². The highest BCUT2D eigenvalue weighted by molar-refractivity contribution is 5.94. The zero-order chi connectivity index (χ0) is 13.7. The maximum absolute atomic E-state index is 11.9. The third-order valence-electron chi connectivity index (χ3n) is 3.47. The summed E-state index contributed by atoms with van der Waals surface area (Å²) >= 11 is 0. The SMILES string of the molecule is CC[NH+]1CCN(C(=O)CNC(=O)c2ccco2)CC1. The van der Waals surface area contributed by atoms with E-state index in [1.807, 2.05) is 4.90 Å². The number of hydrogen-bond acceptors (Lipinski definition) is 3. The fourth-order valence-electron chi connectivity index (χ4n) is 2.19. The van der Waals surface area contributed by atoms with Crippen LogP contribution in [0.2, 0.25) is 0 Å². The molecule has 2 N–H and O–H groups in total. The summed E-state index contributed by atoms with van der Waals surface area (Å²) in [5.41, 5.74) is 0. The lowest BCUT2D eigenvalue weighted by atomic mass is 10.3. The molecule has 0 aliphatic carbocycles. The smallest absolute Gasteiger partial charge is 0.287 e. The van der Waals surface area contributed by atoms with Crippen molar-refractivity contribution in [2.24, 2.45) is 0 Å². The lowest BCUT2D eigenvalue weighted by Gasteiger charge is -2.31. The van der Waals surface area contributed by atoms with Gasteiger partial charge in [-0.3, -0.25) is 9.59 Å². The number of nitrogens with one attached hydrogen (secondary N) is 2. The first-order chi connectivity index (χ1) is 9.20. The number of nitrogens with zero attached hydrogens (tertiary/aromatic N) is 1. The molecule has 1 aromatic rings. The van der Waals surface area contributed by atoms with Crippen LogP contribution in [0.5, 0.6) is 0 Å². The number of quaternary nitrogens is 1. The van der Waals surface area contributed by atoms with Crippen molar-refractivity contribution in [1.82, 2.24) is 10.2 Å². The fraction of sp³-hybridized carbons (Fsp3) is 0.538. The standard InChI is InChI=1S/C13H19N3O3/c1-2-15-5-7-16(8-6-15)12(17)10-14-13(18)11-4-3-9-19-11/h3-4,9H,2,5-8,10H2,1H3,(H,14,18)/p+1. The number of carbonyl (C=O) groups is 2. The number of amides is 2. The monoisotopic (exact) mass is 266 g/mol. The fourth-order valence-corrected chi connectivity index (χ4v) is 2.19. The Labute approximate surface area is 112 Å². The van der Waals surface area contributed by atoms with Crippen molar-refractivity contribution in [3.63, 3.8) is 0 Å². The molecule has 1 aromatic heterocycles. The van der Waals surface area contributed by atoms with Crippen LogP contribution in [0.1, 0.15) is 17.5 Å². The van der Waals surface area contributed by atoms with Crippen LogP contribution in [-0.4, -0.2) is 56.0 Å². The van der Waals surface area contributed by atoms with Crippen molar-refractivity contribution in [3.8, 4) is 0 Å². The molecule has 0 spiro atoms. The Morgan fingerprint density at radius 1 is 1.42 bits per heavy atom. The summed E-state index contributed by atoms with van der Waals surface area (Å²) in [6.45, 7) is 6.76. The van der Waals surface area contributed by atoms with Crippen molar-refractivity contribution in [3.05, 3.63) is 24.2 Å². The van der Waals surface area contributed by atoms with Gasteiger partial charge in [0.05, 0.1) is 45.5 Å². The lowest BCUT2D eigenvalue weighted by molar-refractivity contribution is -0.902. The van der Waals surface area contributed by atoms with Gasteiger partial charge in [0.15, 0.2) is 5.76 Å². The molecule has 2 amide bonds. The van der Waals surface area contributed by atoms with Gasteiger partial charge >= 0.3 is 0 Å². The molecule has 0 bridgehead atoms. The predicted octanol–water partition coefficient (Wildman–Crippen LogP) is -1.24. The summed E-state index contributed by atoms with van der Waals surface area (Å²) in [6, 6.07) is 3.21. The Morgan fingerprint density at radius 3 is 2.74 bits per heavy atom. The van der Waals surface area contributed by atoms with E-state index in [1.165, 1.54) is 11.2 Å². The van der Waals surface area contributed by atoms with Gasteiger partial charge in [0.1, 0.15) is 0 Å². The van der Waals surface area contributed by atoms with Crippen LogP contribution in [0.15, 0.2) is 22.8 Å². The number of hydrogen-bond donors (Lipinski definition) is 2. The number of piperazine rings is 1. The van der Waals surface area contributed by atoms with Crippen LogP contribution in [0, 0.1) is 0 Å². The quantitative estimate of drug-likeness (QED) is 0.716. The average molecular weight is 266 g/mol. The molecule has 19 heavy (non-hydrogen) atoms. The zero-order valence-corrected chi connectivity index (χ0v) is 11.1. The van der Waals surface area contributed by atoms with Crippen LogP contribution < -0.4 is 10.2 Å². The molecule has 6 heteroatoms. The topological polar surface area (TPSA) is 67.0 Å². The Morgan fingerprint density at radius 2 is 2.16 bits per heavy atom. The summed E-state index contributed by atoms with van der Waals surface area (Å²) in [5.74, 6) is -0.153. The largest absolute Gasteiger partial charge is 0.459 e. The van der Waals surface area contributed by atoms with Crippen LogP contribution in [0.3, 0.4) is 0 Å². The Hall–Kier alpha value is -1.82. The second-order valence-electron chi connectivity index (χ2n) is 4.64. The van der Waals surface area contributed by atoms with E-state index in [9.17, 15) is 9.59 Å². The number of likely N-dealkylation sites (N-methyl/N-ethyl adjacent to an activating group) is 1. The average Bonchev–Trinajstić information content (AvgIpc) is 2.98. The van der Waals surface area contributed by atoms with E-state index in [1.54, 1.807) is 12.1 Å². The van der Waals surface area contributed by atoms with Gasteiger partial charge < -0.3 is 19.5 Å². The van der Waals surface area contributed by atoms with Gasteiger partial charge in [-0.05, 0) is 19.1 Å². The van der Waals surface area contributed by atoms with Gasteiger partial charge in [-0.15, -0.1) is 0 Å². The number of furan rings is 1. The van der Waals surface area contributed by atoms with Crippen molar-refractivity contribution in [2.75, 3.05) is 39.3 Å². The molecule has 2 rings (SSSR count). The molecule has 0 atom stereocenters. The Balaban J connectivity index is 1.74. The summed E-state index contributed by atoms with van der Waals surface area (Å²) < 4.78 is 4.96. The lowest BCUT2D eigenvalue weighted by Crippen LogP contribution is -3.14. The Kier molecular flexibility index (Phi) is 4.57. The van der Waals surface area contributed by atoms with Crippen LogP contribution in [-0.2, 0) is 4.79 Å². The van der Waals surface area contributed by atoms with Gasteiger partial charge in [-0.25, -0.2) is 0 Å². The highest BCUT2D eigenvalue weighted by Gasteiger charge is 2.22. The van der Waals surface area contributed by atoms with E-state index in [4.69, 9.17) is 4.42 Å². The minimum atomic E-state index is -0.351. The number of carbonyl (C=O) groups excluding carboxylic acids is 2. The minimum Gasteiger partial charge on any atom is -0.459 e. The normalized spacial score (nSPS) is 16.4. The van der Waals surface area contributed by atoms with Crippen LogP contribution >= 0.6 is 0 Å². The summed E-state index contributed by atoms with van der Waals surface area (Å²) in [4.78, 5) is 26.9. The van der Waals surface area contributed by atoms with Gasteiger partial charge in [0.2, 0.25) is 5.91 Å². The van der Waals surface area contributed by atoms with E-state index in [0.29, 0.717) is 0 Å². The third-order valence-corrected chi connectivity index (χ3v) is 3.47. The molecule has 0 aromatic carbocycles. The minimum absolute atomic E-state index is 0.0288. The van der Waals surface area contributed by atoms with E-state index in [-0.39, 0.29) is 24.1 Å². The first kappa shape index (κ1) is 13.6. The van der Waals surface area contributed by atoms with Crippen LogP contribution in [0.4, 0.5) is 0 Å². The van der Waals surface area contributed by atoms with Gasteiger partial charge in [0, 0.05) is 0 Å². The van der Waals surface area contributed by atoms with Crippen molar-refractivity contribution < 1.29 is 18.9 Å². The highest BCUT2D eigenvalue weighted by Crippen LogP contribution is 1.99. The second kappa shape index (κ2) is 6.38. The summed E-state index contributed by atoms with van der Waals surface area (Å²) in [5, 5.41) is 2.58. The van der Waals surface area contributed by atoms with E-state index in [0.717, 1.165) is 32.7 Å². The van der Waals surface area contributed by atoms with Gasteiger partial charge in [0.25, 0.3) is 5.91 Å². The van der Waals surface area contributed by atoms with Crippen molar-refractivity contribution in [2.45, 2.75) is 6.92 Å². The molecule has 1 saturated heterocycles. The molecule has 1 fully saturated rings. The highest BCUT2D eigenvalue weighted by atomic mass is 16.3. The molecule has 1 aliphatic rings. The summed E-state index contributed by atoms with van der Waals surface area (Å²) in [7, 11) is 0. The predicted molar refractivity (Wildman–Crippen MR) is 68.9 cm³/mol. The van der Waals surface area contributed by atoms with Crippen molar-refractivity contribution >= 4 is 11.8 Å².